The van der Waals surface area contributed by atoms with Gasteiger partial charge in [0.1, 0.15) is 0 Å². The molecule has 0 saturated carbocycles. The Morgan fingerprint density at radius 3 is 2.92 bits per heavy atom. The fourth-order valence-corrected chi connectivity index (χ4v) is 1.14. The van der Waals surface area contributed by atoms with Crippen molar-refractivity contribution in [3.63, 3.8) is 0 Å². The summed E-state index contributed by atoms with van der Waals surface area (Å²) in [5, 5.41) is 1.18. The van der Waals surface area contributed by atoms with Gasteiger partial charge in [0.25, 0.3) is 0 Å². The topological polar surface area (TPSA) is 12.9 Å². The van der Waals surface area contributed by atoms with Crippen molar-refractivity contribution in [3.8, 4) is 0 Å². The molecular weight excluding hydrogens is 318 g/mol. The van der Waals surface area contributed by atoms with Gasteiger partial charge in [0.15, 0.2) is 0 Å². The van der Waals surface area contributed by atoms with Gasteiger partial charge in [-0.3, -0.25) is 0 Å². The molecule has 0 N–H and O–H groups in total. The van der Waals surface area contributed by atoms with Crippen LogP contribution < -0.4 is 0 Å². The van der Waals surface area contributed by atoms with E-state index in [9.17, 15) is 0 Å². The second kappa shape index (κ2) is 3.82. The number of aryl methyl sites for hydroxylation is 1. The zero-order chi connectivity index (χ0) is 7.68. The molecule has 0 aliphatic heterocycles. The second-order valence-corrected chi connectivity index (χ2v) is 2.64. The van der Waals surface area contributed by atoms with Crippen LogP contribution in [0.25, 0.3) is 10.9 Å². The Morgan fingerprint density at radius 1 is 1.25 bits per heavy atom. The zero-order valence-corrected chi connectivity index (χ0v) is 9.68. The van der Waals surface area contributed by atoms with Crippen LogP contribution in [0, 0.1) is 13.1 Å². The van der Waals surface area contributed by atoms with Crippen molar-refractivity contribution in [3.05, 3.63) is 42.1 Å². The molecule has 2 aromatic rings. The quantitative estimate of drug-likeness (QED) is 0.678. The molecule has 0 bridgehead atoms. The third-order valence-electron chi connectivity index (χ3n) is 1.71. The molecule has 60 valence electrons. The van der Waals surface area contributed by atoms with Crippen LogP contribution in [0.3, 0.4) is 0 Å². The Morgan fingerprint density at radius 2 is 2.08 bits per heavy atom. The van der Waals surface area contributed by atoms with Crippen molar-refractivity contribution in [2.45, 2.75) is 6.92 Å². The van der Waals surface area contributed by atoms with E-state index >= 15 is 0 Å². The van der Waals surface area contributed by atoms with Crippen molar-refractivity contribution in [2.24, 2.45) is 0 Å². The van der Waals surface area contributed by atoms with E-state index < -0.39 is 0 Å². The van der Waals surface area contributed by atoms with Gasteiger partial charge in [-0.2, -0.15) is 12.1 Å². The second-order valence-electron chi connectivity index (χ2n) is 2.64. The van der Waals surface area contributed by atoms with Crippen molar-refractivity contribution in [2.75, 3.05) is 0 Å². The summed E-state index contributed by atoms with van der Waals surface area (Å²) in [7, 11) is 0. The van der Waals surface area contributed by atoms with Gasteiger partial charge in [-0.25, -0.2) is 0 Å². The number of benzene rings is 1. The molecule has 0 atom stereocenters. The minimum absolute atomic E-state index is 0. The monoisotopic (exact) mass is 326 g/mol. The van der Waals surface area contributed by atoms with Crippen LogP contribution in [0.4, 0.5) is 0 Å². The Kier molecular flexibility index (Phi) is 2.99. The van der Waals surface area contributed by atoms with Crippen LogP contribution in [0.1, 0.15) is 5.56 Å². The third kappa shape index (κ3) is 1.73. The van der Waals surface area contributed by atoms with E-state index in [0.29, 0.717) is 0 Å². The number of hydrogen-bond acceptors (Lipinski definition) is 1. The molecule has 0 aliphatic rings. The van der Waals surface area contributed by atoms with E-state index in [1.807, 2.05) is 18.2 Å². The molecule has 2 heteroatoms. The molecule has 2 rings (SSSR count). The van der Waals surface area contributed by atoms with E-state index in [0.717, 1.165) is 5.52 Å². The molecule has 0 spiro atoms. The summed E-state index contributed by atoms with van der Waals surface area (Å²) < 4.78 is 0. The summed E-state index contributed by atoms with van der Waals surface area (Å²) in [6.45, 7) is 2.08. The molecule has 12 heavy (non-hydrogen) atoms. The van der Waals surface area contributed by atoms with E-state index in [1.165, 1.54) is 10.9 Å². The molecular formula is C10H8NW-. The standard InChI is InChI=1S/C10H8N.W/c1-8-4-5-10-9(7-8)3-2-6-11-10;/h2-5,7H,1H3;/q-1;. The Bertz CT molecular complexity index is 384. The average Bonchev–Trinajstić information content (AvgIpc) is 2.04. The Balaban J connectivity index is 0.000000720. The van der Waals surface area contributed by atoms with E-state index in [4.69, 9.17) is 0 Å². The summed E-state index contributed by atoms with van der Waals surface area (Å²) in [4.78, 5) is 4.10. The average molecular weight is 326 g/mol. The van der Waals surface area contributed by atoms with Gasteiger partial charge in [0.05, 0.1) is 0 Å². The first-order valence-electron chi connectivity index (χ1n) is 3.60. The van der Waals surface area contributed by atoms with Crippen LogP contribution >= 0.6 is 0 Å². The molecule has 0 amide bonds. The summed E-state index contributed by atoms with van der Waals surface area (Å²) in [5.74, 6) is 0. The number of hydrogen-bond donors (Lipinski definition) is 0. The maximum Gasteiger partial charge on any atom is 0 e. The molecule has 0 fully saturated rings. The summed E-state index contributed by atoms with van der Waals surface area (Å²) in [5.41, 5.74) is 2.28. The number of nitrogens with zero attached hydrogens (tertiary/aromatic N) is 1. The van der Waals surface area contributed by atoms with Gasteiger partial charge in [-0.15, -0.1) is 5.39 Å². The van der Waals surface area contributed by atoms with Crippen LogP contribution in [0.2, 0.25) is 0 Å². The zero-order valence-electron chi connectivity index (χ0n) is 6.74. The van der Waals surface area contributed by atoms with Crippen LogP contribution in [0.15, 0.2) is 30.3 Å². The van der Waals surface area contributed by atoms with Crippen LogP contribution in [-0.2, 0) is 21.1 Å². The van der Waals surface area contributed by atoms with Crippen molar-refractivity contribution < 1.29 is 21.1 Å². The minimum Gasteiger partial charge on any atom is -0.386 e. The molecule has 1 nitrogen and oxygen atoms in total. The number of aromatic nitrogens is 1. The van der Waals surface area contributed by atoms with Gasteiger partial charge in [-0.1, -0.05) is 30.0 Å². The summed E-state index contributed by atoms with van der Waals surface area (Å²) >= 11 is 0. The van der Waals surface area contributed by atoms with Crippen LogP contribution in [-0.4, -0.2) is 4.98 Å². The molecule has 0 unspecified atom stereocenters. The van der Waals surface area contributed by atoms with E-state index in [-0.39, 0.29) is 21.1 Å². The molecule has 1 heterocycles. The normalized spacial score (nSPS) is 9.42. The van der Waals surface area contributed by atoms with Crippen LogP contribution in [0.5, 0.6) is 0 Å². The Labute approximate surface area is 86.1 Å². The smallest absolute Gasteiger partial charge is 0 e. The predicted molar refractivity (Wildman–Crippen MR) is 45.3 cm³/mol. The molecule has 0 saturated heterocycles. The van der Waals surface area contributed by atoms with Gasteiger partial charge < -0.3 is 4.98 Å². The fraction of sp³-hybridized carbons (Fsp3) is 0.100. The van der Waals surface area contributed by atoms with E-state index in [1.54, 1.807) is 0 Å². The third-order valence-corrected chi connectivity index (χ3v) is 1.71. The number of fused-ring (bicyclic) bond motifs is 1. The number of rotatable bonds is 0. The van der Waals surface area contributed by atoms with E-state index in [2.05, 4.69) is 30.2 Å². The van der Waals surface area contributed by atoms with Gasteiger partial charge >= 0.3 is 0 Å². The Hall–Kier alpha value is -0.682. The maximum atomic E-state index is 4.10. The number of pyridine rings is 1. The molecule has 1 aromatic carbocycles. The SMILES string of the molecule is Cc1ccc2n[c-]ccc2c1.[W]. The molecule has 1 aromatic heterocycles. The van der Waals surface area contributed by atoms with Gasteiger partial charge in [0, 0.05) is 21.1 Å². The molecule has 0 radical (unpaired) electrons. The molecule has 0 aliphatic carbocycles. The first-order valence-corrected chi connectivity index (χ1v) is 3.60. The fourth-order valence-electron chi connectivity index (χ4n) is 1.14. The van der Waals surface area contributed by atoms with Gasteiger partial charge in [0.2, 0.25) is 0 Å². The first-order chi connectivity index (χ1) is 5.36. The van der Waals surface area contributed by atoms with Crippen molar-refractivity contribution >= 4 is 10.9 Å². The largest absolute Gasteiger partial charge is 0.386 e. The minimum atomic E-state index is 0. The maximum absolute atomic E-state index is 4.10. The predicted octanol–water partition coefficient (Wildman–Crippen LogP) is 2.34. The summed E-state index contributed by atoms with van der Waals surface area (Å²) in [6, 6.07) is 10.1. The summed E-state index contributed by atoms with van der Waals surface area (Å²) in [6.07, 6.45) is 2.80. The first kappa shape index (κ1) is 9.41. The van der Waals surface area contributed by atoms with Crippen molar-refractivity contribution in [1.82, 2.24) is 4.98 Å². The van der Waals surface area contributed by atoms with Crippen molar-refractivity contribution in [1.29, 1.82) is 0 Å². The van der Waals surface area contributed by atoms with Gasteiger partial charge in [-0.05, 0) is 12.4 Å².